The summed E-state index contributed by atoms with van der Waals surface area (Å²) in [6, 6.07) is 14.4. The summed E-state index contributed by atoms with van der Waals surface area (Å²) < 4.78 is 5.76. The van der Waals surface area contributed by atoms with Crippen LogP contribution in [0.5, 0.6) is 0 Å². The van der Waals surface area contributed by atoms with Crippen LogP contribution < -0.4 is 5.69 Å². The number of rotatable bonds is 3. The fraction of sp³-hybridized carbons (Fsp3) is 0. The van der Waals surface area contributed by atoms with E-state index in [0.717, 1.165) is 11.1 Å². The van der Waals surface area contributed by atoms with Gasteiger partial charge in [-0.1, -0.05) is 29.3 Å². The average molecular weight is 372 g/mol. The van der Waals surface area contributed by atoms with E-state index in [2.05, 4.69) is 15.0 Å². The van der Waals surface area contributed by atoms with Gasteiger partial charge in [0.25, 0.3) is 0 Å². The molecule has 0 saturated carbocycles. The molecule has 0 amide bonds. The van der Waals surface area contributed by atoms with Crippen molar-refractivity contribution in [3.63, 3.8) is 0 Å². The molecule has 0 unspecified atom stereocenters. The van der Waals surface area contributed by atoms with Gasteiger partial charge >= 0.3 is 5.69 Å². The van der Waals surface area contributed by atoms with Gasteiger partial charge in [0, 0.05) is 5.56 Å². The van der Waals surface area contributed by atoms with Gasteiger partial charge in [0.1, 0.15) is 11.5 Å². The highest BCUT2D eigenvalue weighted by Crippen LogP contribution is 2.34. The lowest BCUT2D eigenvalue weighted by Crippen LogP contribution is -1.99. The van der Waals surface area contributed by atoms with E-state index < -0.39 is 0 Å². The standard InChI is InChI=1S/C18H11Cl2N3O2/c19-13-3-1-2-12(17(13)20)16-7-5-11(25-16)9-21-10-4-6-14-15(8-10)23-18(24)22-14/h1-9H,(H2,22,23,24). The van der Waals surface area contributed by atoms with Crippen molar-refractivity contribution in [2.24, 2.45) is 4.99 Å². The maximum atomic E-state index is 11.3. The number of halogens is 2. The normalized spacial score (nSPS) is 11.6. The number of nitrogens with one attached hydrogen (secondary N) is 2. The van der Waals surface area contributed by atoms with Crippen LogP contribution in [-0.2, 0) is 0 Å². The number of H-pyrrole nitrogens is 2. The Balaban J connectivity index is 1.62. The highest BCUT2D eigenvalue weighted by atomic mass is 35.5. The summed E-state index contributed by atoms with van der Waals surface area (Å²) in [5.41, 5.74) is 2.61. The van der Waals surface area contributed by atoms with E-state index in [-0.39, 0.29) is 5.69 Å². The molecule has 0 bridgehead atoms. The number of imidazole rings is 1. The summed E-state index contributed by atoms with van der Waals surface area (Å²) in [5, 5.41) is 0.920. The van der Waals surface area contributed by atoms with Crippen molar-refractivity contribution in [3.05, 3.63) is 74.8 Å². The van der Waals surface area contributed by atoms with Crippen molar-refractivity contribution in [2.45, 2.75) is 0 Å². The molecule has 2 aromatic carbocycles. The molecule has 2 heterocycles. The third-order valence-electron chi connectivity index (χ3n) is 3.68. The van der Waals surface area contributed by atoms with E-state index in [1.165, 1.54) is 0 Å². The minimum absolute atomic E-state index is 0.245. The largest absolute Gasteiger partial charge is 0.455 e. The van der Waals surface area contributed by atoms with Gasteiger partial charge in [0.2, 0.25) is 0 Å². The Morgan fingerprint density at radius 1 is 1.00 bits per heavy atom. The van der Waals surface area contributed by atoms with E-state index in [1.54, 1.807) is 36.5 Å². The van der Waals surface area contributed by atoms with Gasteiger partial charge in [-0.05, 0) is 42.5 Å². The Labute approximate surface area is 151 Å². The first-order valence-corrected chi connectivity index (χ1v) is 8.16. The molecule has 5 nitrogen and oxygen atoms in total. The van der Waals surface area contributed by atoms with Gasteiger partial charge in [0.05, 0.1) is 33.0 Å². The van der Waals surface area contributed by atoms with Gasteiger partial charge in [0.15, 0.2) is 0 Å². The summed E-state index contributed by atoms with van der Waals surface area (Å²) >= 11 is 12.2. The fourth-order valence-electron chi connectivity index (χ4n) is 2.50. The van der Waals surface area contributed by atoms with Crippen molar-refractivity contribution in [1.82, 2.24) is 9.97 Å². The maximum absolute atomic E-state index is 11.3. The van der Waals surface area contributed by atoms with Gasteiger partial charge in [-0.3, -0.25) is 4.99 Å². The van der Waals surface area contributed by atoms with E-state index in [9.17, 15) is 4.79 Å². The van der Waals surface area contributed by atoms with Crippen LogP contribution in [0.2, 0.25) is 10.0 Å². The zero-order valence-electron chi connectivity index (χ0n) is 12.7. The van der Waals surface area contributed by atoms with Crippen molar-refractivity contribution in [1.29, 1.82) is 0 Å². The number of benzene rings is 2. The van der Waals surface area contributed by atoms with Crippen LogP contribution in [0.15, 0.2) is 62.7 Å². The van der Waals surface area contributed by atoms with Crippen LogP contribution in [0, 0.1) is 0 Å². The topological polar surface area (TPSA) is 74.2 Å². The third-order valence-corrected chi connectivity index (χ3v) is 4.50. The minimum atomic E-state index is -0.245. The highest BCUT2D eigenvalue weighted by molar-refractivity contribution is 6.43. The van der Waals surface area contributed by atoms with E-state index in [4.69, 9.17) is 27.6 Å². The Bertz CT molecular complexity index is 1150. The summed E-state index contributed by atoms with van der Waals surface area (Å²) in [7, 11) is 0. The van der Waals surface area contributed by atoms with Crippen LogP contribution in [0.3, 0.4) is 0 Å². The van der Waals surface area contributed by atoms with Crippen molar-refractivity contribution in [3.8, 4) is 11.3 Å². The Hall–Kier alpha value is -2.76. The molecule has 2 N–H and O–H groups in total. The fourth-order valence-corrected chi connectivity index (χ4v) is 2.89. The second-order valence-electron chi connectivity index (χ2n) is 5.37. The number of fused-ring (bicyclic) bond motifs is 1. The lowest BCUT2D eigenvalue weighted by molar-refractivity contribution is 0.575. The van der Waals surface area contributed by atoms with E-state index in [0.29, 0.717) is 32.8 Å². The van der Waals surface area contributed by atoms with Crippen molar-refractivity contribution in [2.75, 3.05) is 0 Å². The number of aromatic nitrogens is 2. The third kappa shape index (κ3) is 3.12. The van der Waals surface area contributed by atoms with Crippen LogP contribution in [0.25, 0.3) is 22.4 Å². The molecule has 4 rings (SSSR count). The summed E-state index contributed by atoms with van der Waals surface area (Å²) in [6.07, 6.45) is 1.61. The number of nitrogens with zero attached hydrogens (tertiary/aromatic N) is 1. The molecule has 0 aliphatic heterocycles. The molecule has 0 fully saturated rings. The molecule has 0 aliphatic carbocycles. The van der Waals surface area contributed by atoms with Crippen LogP contribution in [0.4, 0.5) is 5.69 Å². The molecule has 0 aliphatic rings. The molecule has 7 heteroatoms. The zero-order valence-corrected chi connectivity index (χ0v) is 14.2. The summed E-state index contributed by atoms with van der Waals surface area (Å²) in [5.74, 6) is 1.19. The molecule has 124 valence electrons. The number of hydrogen-bond donors (Lipinski definition) is 2. The molecule has 0 spiro atoms. The number of furan rings is 1. The number of hydrogen-bond acceptors (Lipinski definition) is 3. The Morgan fingerprint density at radius 2 is 1.84 bits per heavy atom. The second-order valence-corrected chi connectivity index (χ2v) is 6.16. The SMILES string of the molecule is O=c1[nH]c2ccc(N=Cc3ccc(-c4cccc(Cl)c4Cl)o3)cc2[nH]1. The molecule has 0 radical (unpaired) electrons. The van der Waals surface area contributed by atoms with E-state index in [1.807, 2.05) is 18.2 Å². The minimum Gasteiger partial charge on any atom is -0.455 e. The molecular formula is C18H11Cl2N3O2. The average Bonchev–Trinajstić information content (AvgIpc) is 3.20. The van der Waals surface area contributed by atoms with Crippen LogP contribution in [-0.4, -0.2) is 16.2 Å². The van der Waals surface area contributed by atoms with Gasteiger partial charge in [-0.15, -0.1) is 0 Å². The first kappa shape index (κ1) is 15.7. The summed E-state index contributed by atoms with van der Waals surface area (Å²) in [6.45, 7) is 0. The monoisotopic (exact) mass is 371 g/mol. The number of aromatic amines is 2. The van der Waals surface area contributed by atoms with Gasteiger partial charge < -0.3 is 14.4 Å². The van der Waals surface area contributed by atoms with E-state index >= 15 is 0 Å². The maximum Gasteiger partial charge on any atom is 0.323 e. The van der Waals surface area contributed by atoms with Crippen LogP contribution >= 0.6 is 23.2 Å². The predicted octanol–water partition coefficient (Wildman–Crippen LogP) is 5.17. The smallest absolute Gasteiger partial charge is 0.323 e. The first-order valence-electron chi connectivity index (χ1n) is 7.40. The highest BCUT2D eigenvalue weighted by Gasteiger charge is 2.10. The van der Waals surface area contributed by atoms with Crippen molar-refractivity contribution < 1.29 is 4.42 Å². The Kier molecular flexibility index (Phi) is 3.95. The zero-order chi connectivity index (χ0) is 17.4. The van der Waals surface area contributed by atoms with Crippen molar-refractivity contribution >= 4 is 46.1 Å². The van der Waals surface area contributed by atoms with Crippen LogP contribution in [0.1, 0.15) is 5.76 Å². The van der Waals surface area contributed by atoms with Gasteiger partial charge in [-0.2, -0.15) is 0 Å². The first-order chi connectivity index (χ1) is 12.1. The van der Waals surface area contributed by atoms with Gasteiger partial charge in [-0.25, -0.2) is 4.79 Å². The Morgan fingerprint density at radius 3 is 2.72 bits per heavy atom. The second kappa shape index (κ2) is 6.27. The predicted molar refractivity (Wildman–Crippen MR) is 100 cm³/mol. The molecule has 4 aromatic rings. The molecule has 2 aromatic heterocycles. The molecule has 25 heavy (non-hydrogen) atoms. The molecule has 0 atom stereocenters. The lowest BCUT2D eigenvalue weighted by atomic mass is 10.2. The summed E-state index contributed by atoms with van der Waals surface area (Å²) in [4.78, 5) is 21.0. The number of aliphatic imine (C=N–C) groups is 1. The quantitative estimate of drug-likeness (QED) is 0.487. The molecular weight excluding hydrogens is 361 g/mol. The molecule has 0 saturated heterocycles. The lowest BCUT2D eigenvalue weighted by Gasteiger charge is -2.01.